The fourth-order valence-electron chi connectivity index (χ4n) is 2.31. The average molecular weight is 268 g/mol. The molecule has 4 heteroatoms. The molecule has 0 aromatic carbocycles. The molecule has 1 aromatic heterocycles. The first kappa shape index (κ1) is 13.6. The van der Waals surface area contributed by atoms with Crippen molar-refractivity contribution in [3.8, 4) is 0 Å². The zero-order valence-electron chi connectivity index (χ0n) is 11.5. The second-order valence-corrected chi connectivity index (χ2v) is 6.22. The van der Waals surface area contributed by atoms with Gasteiger partial charge in [-0.15, -0.1) is 0 Å². The summed E-state index contributed by atoms with van der Waals surface area (Å²) in [6, 6.07) is 2.11. The van der Waals surface area contributed by atoms with Gasteiger partial charge in [0.25, 0.3) is 0 Å². The van der Waals surface area contributed by atoms with Gasteiger partial charge < -0.3 is 10.2 Å². The molecule has 1 saturated heterocycles. The molecule has 2 rings (SSSR count). The number of nitrogens with one attached hydrogen (secondary N) is 1. The van der Waals surface area contributed by atoms with Gasteiger partial charge in [0, 0.05) is 25.8 Å². The van der Waals surface area contributed by atoms with Crippen LogP contribution in [0.5, 0.6) is 0 Å². The van der Waals surface area contributed by atoms with E-state index in [1.54, 1.807) is 6.20 Å². The quantitative estimate of drug-likeness (QED) is 0.912. The summed E-state index contributed by atoms with van der Waals surface area (Å²) in [5, 5.41) is 3.88. The maximum atomic E-state index is 6.14. The second kappa shape index (κ2) is 5.45. The normalized spacial score (nSPS) is 19.0. The topological polar surface area (TPSA) is 28.2 Å². The molecule has 3 nitrogen and oxygen atoms in total. The van der Waals surface area contributed by atoms with E-state index in [2.05, 4.69) is 35.1 Å². The van der Waals surface area contributed by atoms with Gasteiger partial charge in [-0.2, -0.15) is 0 Å². The van der Waals surface area contributed by atoms with Crippen LogP contribution in [0, 0.1) is 5.41 Å². The van der Waals surface area contributed by atoms with E-state index in [0.29, 0.717) is 5.41 Å². The molecule has 18 heavy (non-hydrogen) atoms. The summed E-state index contributed by atoms with van der Waals surface area (Å²) < 4.78 is 0. The van der Waals surface area contributed by atoms with Gasteiger partial charge in [0.05, 0.1) is 5.02 Å². The average Bonchev–Trinajstić information content (AvgIpc) is 2.32. The lowest BCUT2D eigenvalue weighted by molar-refractivity contribution is 0.279. The molecule has 100 valence electrons. The van der Waals surface area contributed by atoms with Crippen LogP contribution in [-0.2, 0) is 6.54 Å². The van der Waals surface area contributed by atoms with Crippen LogP contribution in [-0.4, -0.2) is 25.1 Å². The van der Waals surface area contributed by atoms with Crippen LogP contribution >= 0.6 is 11.6 Å². The highest BCUT2D eigenvalue weighted by Gasteiger charge is 2.26. The van der Waals surface area contributed by atoms with Crippen molar-refractivity contribution < 1.29 is 0 Å². The fraction of sp³-hybridized carbons (Fsp3) is 0.643. The Balaban J connectivity index is 2.12. The third kappa shape index (κ3) is 3.15. The fourth-order valence-corrected chi connectivity index (χ4v) is 2.48. The van der Waals surface area contributed by atoms with Crippen LogP contribution < -0.4 is 10.2 Å². The molecule has 1 aromatic rings. The van der Waals surface area contributed by atoms with E-state index >= 15 is 0 Å². The monoisotopic (exact) mass is 267 g/mol. The number of halogens is 1. The number of aromatic nitrogens is 1. The summed E-state index contributed by atoms with van der Waals surface area (Å²) >= 11 is 6.14. The van der Waals surface area contributed by atoms with Gasteiger partial charge in [0.15, 0.2) is 0 Å². The van der Waals surface area contributed by atoms with Gasteiger partial charge in [0.1, 0.15) is 5.82 Å². The molecule has 0 radical (unpaired) electrons. The summed E-state index contributed by atoms with van der Waals surface area (Å²) in [7, 11) is 1.93. The van der Waals surface area contributed by atoms with Gasteiger partial charge >= 0.3 is 0 Å². The molecule has 0 atom stereocenters. The molecule has 0 saturated carbocycles. The van der Waals surface area contributed by atoms with Crippen molar-refractivity contribution in [1.82, 2.24) is 10.3 Å². The zero-order chi connectivity index (χ0) is 13.2. The minimum absolute atomic E-state index is 0.469. The Morgan fingerprint density at radius 3 is 2.67 bits per heavy atom. The van der Waals surface area contributed by atoms with E-state index in [9.17, 15) is 0 Å². The largest absolute Gasteiger partial charge is 0.357 e. The summed E-state index contributed by atoms with van der Waals surface area (Å²) in [5.74, 6) is 1.06. The van der Waals surface area contributed by atoms with Crippen LogP contribution in [0.4, 0.5) is 5.82 Å². The zero-order valence-corrected chi connectivity index (χ0v) is 12.2. The lowest BCUT2D eigenvalue weighted by Gasteiger charge is -2.37. The molecule has 0 spiro atoms. The number of hydrogen-bond donors (Lipinski definition) is 1. The Kier molecular flexibility index (Phi) is 4.13. The van der Waals surface area contributed by atoms with Crippen LogP contribution in [0.15, 0.2) is 12.3 Å². The van der Waals surface area contributed by atoms with Crippen LogP contribution in [0.1, 0.15) is 32.3 Å². The molecule has 0 bridgehead atoms. The van der Waals surface area contributed by atoms with Crippen molar-refractivity contribution in [2.45, 2.75) is 33.2 Å². The number of piperidine rings is 1. The molecule has 2 heterocycles. The van der Waals surface area contributed by atoms with Crippen molar-refractivity contribution in [3.63, 3.8) is 0 Å². The first-order valence-corrected chi connectivity index (χ1v) is 6.94. The Morgan fingerprint density at radius 1 is 1.39 bits per heavy atom. The molecule has 1 fully saturated rings. The summed E-state index contributed by atoms with van der Waals surface area (Å²) in [6.45, 7) is 7.63. The Labute approximate surface area is 115 Å². The third-order valence-corrected chi connectivity index (χ3v) is 4.07. The minimum atomic E-state index is 0.469. The molecule has 1 N–H and O–H groups in total. The third-order valence-electron chi connectivity index (χ3n) is 3.73. The van der Waals surface area contributed by atoms with Crippen LogP contribution in [0.3, 0.4) is 0 Å². The van der Waals surface area contributed by atoms with Crippen molar-refractivity contribution in [2.75, 3.05) is 25.0 Å². The van der Waals surface area contributed by atoms with Crippen molar-refractivity contribution in [1.29, 1.82) is 0 Å². The summed E-state index contributed by atoms with van der Waals surface area (Å²) in [4.78, 5) is 6.82. The molecule has 1 aliphatic heterocycles. The lowest BCUT2D eigenvalue weighted by atomic mass is 9.83. The number of pyridine rings is 1. The summed E-state index contributed by atoms with van der Waals surface area (Å²) in [6.07, 6.45) is 4.21. The van der Waals surface area contributed by atoms with Gasteiger partial charge in [-0.3, -0.25) is 0 Å². The maximum Gasteiger partial charge on any atom is 0.128 e. The lowest BCUT2D eigenvalue weighted by Crippen LogP contribution is -2.37. The predicted molar refractivity (Wildman–Crippen MR) is 77.2 cm³/mol. The van der Waals surface area contributed by atoms with Crippen molar-refractivity contribution in [3.05, 3.63) is 22.8 Å². The van der Waals surface area contributed by atoms with E-state index in [-0.39, 0.29) is 0 Å². The van der Waals surface area contributed by atoms with Crippen LogP contribution in [0.25, 0.3) is 0 Å². The van der Waals surface area contributed by atoms with Gasteiger partial charge in [-0.25, -0.2) is 4.98 Å². The molecule has 1 aliphatic rings. The summed E-state index contributed by atoms with van der Waals surface area (Å²) in [5.41, 5.74) is 1.59. The SMILES string of the molecule is CNCc1cc(N2CCC(C)(C)CC2)ncc1Cl. The molecule has 0 amide bonds. The van der Waals surface area contributed by atoms with Crippen molar-refractivity contribution in [2.24, 2.45) is 5.41 Å². The Bertz CT molecular complexity index is 408. The van der Waals surface area contributed by atoms with E-state index < -0.39 is 0 Å². The first-order chi connectivity index (χ1) is 8.52. The molecule has 0 unspecified atom stereocenters. The van der Waals surface area contributed by atoms with E-state index in [1.165, 1.54) is 12.8 Å². The highest BCUT2D eigenvalue weighted by atomic mass is 35.5. The van der Waals surface area contributed by atoms with Crippen molar-refractivity contribution >= 4 is 17.4 Å². The second-order valence-electron chi connectivity index (χ2n) is 5.82. The van der Waals surface area contributed by atoms with Gasteiger partial charge in [-0.05, 0) is 36.9 Å². The van der Waals surface area contributed by atoms with E-state index in [4.69, 9.17) is 11.6 Å². The highest BCUT2D eigenvalue weighted by molar-refractivity contribution is 6.31. The highest BCUT2D eigenvalue weighted by Crippen LogP contribution is 2.32. The minimum Gasteiger partial charge on any atom is -0.357 e. The smallest absolute Gasteiger partial charge is 0.128 e. The predicted octanol–water partition coefficient (Wildman–Crippen LogP) is 3.08. The maximum absolute atomic E-state index is 6.14. The molecular weight excluding hydrogens is 246 g/mol. The number of nitrogens with zero attached hydrogens (tertiary/aromatic N) is 2. The molecule has 0 aliphatic carbocycles. The van der Waals surface area contributed by atoms with E-state index in [1.807, 2.05) is 7.05 Å². The van der Waals surface area contributed by atoms with Crippen LogP contribution in [0.2, 0.25) is 5.02 Å². The Morgan fingerprint density at radius 2 is 2.06 bits per heavy atom. The number of hydrogen-bond acceptors (Lipinski definition) is 3. The number of rotatable bonds is 3. The number of anilines is 1. The van der Waals surface area contributed by atoms with Gasteiger partial charge in [0.2, 0.25) is 0 Å². The van der Waals surface area contributed by atoms with E-state index in [0.717, 1.165) is 36.0 Å². The Hall–Kier alpha value is -0.800. The molecular formula is C14H22ClN3. The standard InChI is InChI=1S/C14H22ClN3/c1-14(2)4-6-18(7-5-14)13-8-11(9-16-3)12(15)10-17-13/h8,10,16H,4-7,9H2,1-3H3. The first-order valence-electron chi connectivity index (χ1n) is 6.56. The van der Waals surface area contributed by atoms with Gasteiger partial charge in [-0.1, -0.05) is 25.4 Å².